The minimum absolute atomic E-state index is 0.184. The van der Waals surface area contributed by atoms with Crippen molar-refractivity contribution in [3.63, 3.8) is 0 Å². The van der Waals surface area contributed by atoms with Gasteiger partial charge in [0.25, 0.3) is 11.8 Å². The molecule has 0 atom stereocenters. The van der Waals surface area contributed by atoms with E-state index in [0.29, 0.717) is 53.1 Å². The normalized spacial score (nSPS) is 14.6. The van der Waals surface area contributed by atoms with Gasteiger partial charge in [-0.25, -0.2) is 0 Å². The van der Waals surface area contributed by atoms with Gasteiger partial charge in [0.2, 0.25) is 5.91 Å². The van der Waals surface area contributed by atoms with Crippen molar-refractivity contribution >= 4 is 57.5 Å². The Morgan fingerprint density at radius 1 is 1.06 bits per heavy atom. The van der Waals surface area contributed by atoms with Crippen molar-refractivity contribution in [2.45, 2.75) is 12.8 Å². The molecule has 160 valence electrons. The third kappa shape index (κ3) is 4.24. The van der Waals surface area contributed by atoms with Crippen LogP contribution in [0.4, 0.5) is 5.69 Å². The maximum Gasteiger partial charge on any atom is 0.273 e. The molecule has 0 bridgehead atoms. The van der Waals surface area contributed by atoms with Crippen LogP contribution < -0.4 is 11.1 Å². The second-order valence-electron chi connectivity index (χ2n) is 7.47. The standard InChI is InChI=1S/C22H20Cl2N4O3/c23-13-5-6-17-15(11-13)18(24)19(26-17)21(30)27-16-4-2-1-3-14(16)22(31)28-9-7-12(8-10-28)20(25)29/h1-6,11-12,26H,7-10H2,(H2,25,29)(H,27,30). The number of carbonyl (C=O) groups excluding carboxylic acids is 3. The second kappa shape index (κ2) is 8.61. The van der Waals surface area contributed by atoms with E-state index in [1.54, 1.807) is 47.4 Å². The van der Waals surface area contributed by atoms with Crippen LogP contribution in [0.15, 0.2) is 42.5 Å². The number of benzene rings is 2. The molecule has 0 radical (unpaired) electrons. The molecule has 1 aliphatic heterocycles. The molecule has 0 spiro atoms. The number of hydrogen-bond acceptors (Lipinski definition) is 3. The van der Waals surface area contributed by atoms with E-state index in [2.05, 4.69) is 10.3 Å². The van der Waals surface area contributed by atoms with E-state index >= 15 is 0 Å². The lowest BCUT2D eigenvalue weighted by Crippen LogP contribution is -2.42. The molecular formula is C22H20Cl2N4O3. The number of nitrogens with one attached hydrogen (secondary N) is 2. The van der Waals surface area contributed by atoms with E-state index in [9.17, 15) is 14.4 Å². The minimum atomic E-state index is -0.468. The lowest BCUT2D eigenvalue weighted by molar-refractivity contribution is -0.123. The number of nitrogens with zero attached hydrogens (tertiary/aromatic N) is 1. The Morgan fingerprint density at radius 2 is 1.77 bits per heavy atom. The second-order valence-corrected chi connectivity index (χ2v) is 8.29. The average Bonchev–Trinajstić information content (AvgIpc) is 3.09. The maximum absolute atomic E-state index is 13.1. The first-order valence-electron chi connectivity index (χ1n) is 9.81. The molecule has 3 aromatic rings. The molecule has 0 aliphatic carbocycles. The molecule has 2 aromatic carbocycles. The van der Waals surface area contributed by atoms with Gasteiger partial charge in [0.05, 0.1) is 16.3 Å². The number of hydrogen-bond donors (Lipinski definition) is 3. The third-order valence-electron chi connectivity index (χ3n) is 5.51. The van der Waals surface area contributed by atoms with E-state index in [0.717, 1.165) is 0 Å². The Morgan fingerprint density at radius 3 is 2.48 bits per heavy atom. The van der Waals surface area contributed by atoms with Gasteiger partial charge in [-0.05, 0) is 43.2 Å². The zero-order valence-corrected chi connectivity index (χ0v) is 18.0. The molecule has 9 heteroatoms. The number of nitrogens with two attached hydrogens (primary N) is 1. The smallest absolute Gasteiger partial charge is 0.273 e. The number of carbonyl (C=O) groups is 3. The quantitative estimate of drug-likeness (QED) is 0.548. The first-order valence-corrected chi connectivity index (χ1v) is 10.6. The van der Waals surface area contributed by atoms with Gasteiger partial charge in [0.15, 0.2) is 0 Å². The van der Waals surface area contributed by atoms with Crippen LogP contribution in [0.5, 0.6) is 0 Å². The predicted octanol–water partition coefficient (Wildman–Crippen LogP) is 4.06. The first-order chi connectivity index (χ1) is 14.8. The fourth-order valence-corrected chi connectivity index (χ4v) is 4.25. The summed E-state index contributed by atoms with van der Waals surface area (Å²) in [7, 11) is 0. The van der Waals surface area contributed by atoms with Gasteiger partial charge in [-0.2, -0.15) is 0 Å². The number of para-hydroxylation sites is 1. The highest BCUT2D eigenvalue weighted by Crippen LogP contribution is 2.30. The SMILES string of the molecule is NC(=O)C1CCN(C(=O)c2ccccc2NC(=O)c2[nH]c3ccc(Cl)cc3c2Cl)CC1. The maximum atomic E-state index is 13.1. The van der Waals surface area contributed by atoms with Crippen LogP contribution in [0, 0.1) is 5.92 Å². The topological polar surface area (TPSA) is 108 Å². The van der Waals surface area contributed by atoms with Crippen molar-refractivity contribution in [1.29, 1.82) is 0 Å². The number of likely N-dealkylation sites (tertiary alicyclic amines) is 1. The van der Waals surface area contributed by atoms with Crippen LogP contribution in [0.3, 0.4) is 0 Å². The van der Waals surface area contributed by atoms with Gasteiger partial charge >= 0.3 is 0 Å². The Labute approximate surface area is 188 Å². The van der Waals surface area contributed by atoms with Crippen LogP contribution in [0.25, 0.3) is 10.9 Å². The monoisotopic (exact) mass is 458 g/mol. The molecule has 31 heavy (non-hydrogen) atoms. The number of amides is 3. The lowest BCUT2D eigenvalue weighted by atomic mass is 9.95. The van der Waals surface area contributed by atoms with Gasteiger partial charge in [0.1, 0.15) is 5.69 Å². The highest BCUT2D eigenvalue weighted by molar-refractivity contribution is 6.40. The number of piperidine rings is 1. The number of anilines is 1. The summed E-state index contributed by atoms with van der Waals surface area (Å²) in [5.74, 6) is -1.23. The number of aromatic amines is 1. The zero-order chi connectivity index (χ0) is 22.1. The van der Waals surface area contributed by atoms with Crippen LogP contribution in [-0.2, 0) is 4.79 Å². The molecule has 3 amide bonds. The zero-order valence-electron chi connectivity index (χ0n) is 16.5. The molecule has 7 nitrogen and oxygen atoms in total. The van der Waals surface area contributed by atoms with Gasteiger partial charge in [-0.15, -0.1) is 0 Å². The van der Waals surface area contributed by atoms with Crippen molar-refractivity contribution in [3.8, 4) is 0 Å². The molecule has 1 fully saturated rings. The van der Waals surface area contributed by atoms with Crippen molar-refractivity contribution in [3.05, 3.63) is 63.8 Å². The van der Waals surface area contributed by atoms with E-state index in [1.807, 2.05) is 0 Å². The summed E-state index contributed by atoms with van der Waals surface area (Å²) < 4.78 is 0. The largest absolute Gasteiger partial charge is 0.369 e. The number of fused-ring (bicyclic) bond motifs is 1. The Hall–Kier alpha value is -3.03. The van der Waals surface area contributed by atoms with E-state index in [-0.39, 0.29) is 28.4 Å². The number of aromatic nitrogens is 1. The van der Waals surface area contributed by atoms with Gasteiger partial charge in [-0.1, -0.05) is 35.3 Å². The number of primary amides is 1. The summed E-state index contributed by atoms with van der Waals surface area (Å²) in [6.07, 6.45) is 1.06. The predicted molar refractivity (Wildman–Crippen MR) is 121 cm³/mol. The molecule has 1 aliphatic rings. The average molecular weight is 459 g/mol. The molecule has 0 unspecified atom stereocenters. The summed E-state index contributed by atoms with van der Waals surface area (Å²) in [5, 5.41) is 4.19. The fraction of sp³-hybridized carbons (Fsp3) is 0.227. The van der Waals surface area contributed by atoms with E-state index < -0.39 is 5.91 Å². The summed E-state index contributed by atoms with van der Waals surface area (Å²) in [6.45, 7) is 0.868. The highest BCUT2D eigenvalue weighted by atomic mass is 35.5. The van der Waals surface area contributed by atoms with Gasteiger partial charge in [0, 0.05) is 34.9 Å². The van der Waals surface area contributed by atoms with Crippen molar-refractivity contribution in [1.82, 2.24) is 9.88 Å². The Kier molecular flexibility index (Phi) is 5.89. The van der Waals surface area contributed by atoms with Crippen molar-refractivity contribution in [2.24, 2.45) is 11.7 Å². The summed E-state index contributed by atoms with van der Waals surface area (Å²) >= 11 is 12.4. The van der Waals surface area contributed by atoms with Crippen LogP contribution in [0.2, 0.25) is 10.0 Å². The summed E-state index contributed by atoms with van der Waals surface area (Å²) in [5.41, 5.74) is 6.98. The Bertz CT molecular complexity index is 1180. The highest BCUT2D eigenvalue weighted by Gasteiger charge is 2.28. The molecular weight excluding hydrogens is 439 g/mol. The van der Waals surface area contributed by atoms with Crippen LogP contribution in [0.1, 0.15) is 33.7 Å². The third-order valence-corrected chi connectivity index (χ3v) is 6.14. The molecule has 1 saturated heterocycles. The molecule has 4 N–H and O–H groups in total. The summed E-state index contributed by atoms with van der Waals surface area (Å²) in [6, 6.07) is 11.9. The van der Waals surface area contributed by atoms with E-state index in [4.69, 9.17) is 28.9 Å². The summed E-state index contributed by atoms with van der Waals surface area (Å²) in [4.78, 5) is 42.0. The Balaban J connectivity index is 1.55. The van der Waals surface area contributed by atoms with Crippen LogP contribution >= 0.6 is 23.2 Å². The molecule has 2 heterocycles. The number of H-pyrrole nitrogens is 1. The molecule has 4 rings (SSSR count). The van der Waals surface area contributed by atoms with Crippen molar-refractivity contribution in [2.75, 3.05) is 18.4 Å². The number of halogens is 2. The molecule has 0 saturated carbocycles. The van der Waals surface area contributed by atoms with Crippen LogP contribution in [-0.4, -0.2) is 40.7 Å². The first kappa shape index (κ1) is 21.2. The lowest BCUT2D eigenvalue weighted by Gasteiger charge is -2.31. The van der Waals surface area contributed by atoms with Crippen molar-refractivity contribution < 1.29 is 14.4 Å². The fourth-order valence-electron chi connectivity index (χ4n) is 3.79. The number of rotatable bonds is 4. The molecule has 1 aromatic heterocycles. The van der Waals surface area contributed by atoms with Gasteiger partial charge in [-0.3, -0.25) is 14.4 Å². The van der Waals surface area contributed by atoms with Gasteiger partial charge < -0.3 is 20.9 Å². The minimum Gasteiger partial charge on any atom is -0.369 e. The van der Waals surface area contributed by atoms with E-state index in [1.165, 1.54) is 0 Å².